The fraction of sp³-hybridized carbons (Fsp3) is 0.357. The van der Waals surface area contributed by atoms with Crippen LogP contribution in [-0.2, 0) is 16.0 Å². The largest absolute Gasteiger partial charge is 0.375 e. The summed E-state index contributed by atoms with van der Waals surface area (Å²) in [5, 5.41) is 6.73. The fourth-order valence-electron chi connectivity index (χ4n) is 2.41. The number of nitrogens with zero attached hydrogens (tertiary/aromatic N) is 5. The molecular formula is C14H17N7O2. The van der Waals surface area contributed by atoms with Crippen molar-refractivity contribution in [3.05, 3.63) is 23.8 Å². The van der Waals surface area contributed by atoms with E-state index in [0.717, 1.165) is 28.7 Å². The number of amides is 1. The van der Waals surface area contributed by atoms with E-state index in [-0.39, 0.29) is 18.5 Å². The van der Waals surface area contributed by atoms with E-state index in [1.54, 1.807) is 6.20 Å². The smallest absolute Gasteiger partial charge is 0.252 e. The van der Waals surface area contributed by atoms with Crippen molar-refractivity contribution < 1.29 is 9.53 Å². The molecule has 9 heteroatoms. The molecule has 120 valence electrons. The van der Waals surface area contributed by atoms with Crippen LogP contribution in [0.5, 0.6) is 0 Å². The normalized spacial score (nSPS) is 11.1. The first-order valence-electron chi connectivity index (χ1n) is 7.17. The summed E-state index contributed by atoms with van der Waals surface area (Å²) in [6.07, 6.45) is 3.91. The van der Waals surface area contributed by atoms with Crippen LogP contribution >= 0.6 is 0 Å². The van der Waals surface area contributed by atoms with Gasteiger partial charge in [0.2, 0.25) is 11.9 Å². The Morgan fingerprint density at radius 3 is 3.00 bits per heavy atom. The van der Waals surface area contributed by atoms with Gasteiger partial charge in [0, 0.05) is 18.4 Å². The zero-order valence-electron chi connectivity index (χ0n) is 13.1. The van der Waals surface area contributed by atoms with Crippen molar-refractivity contribution in [2.24, 2.45) is 0 Å². The third-order valence-electron chi connectivity index (χ3n) is 3.46. The summed E-state index contributed by atoms with van der Waals surface area (Å²) in [7, 11) is 1.45. The van der Waals surface area contributed by atoms with Crippen molar-refractivity contribution in [3.63, 3.8) is 0 Å². The summed E-state index contributed by atoms with van der Waals surface area (Å²) in [6.45, 7) is 3.96. The first kappa shape index (κ1) is 15.1. The summed E-state index contributed by atoms with van der Waals surface area (Å²) in [6, 6.07) is 0. The molecule has 0 bridgehead atoms. The molecule has 0 saturated carbocycles. The van der Waals surface area contributed by atoms with E-state index < -0.39 is 0 Å². The van der Waals surface area contributed by atoms with Gasteiger partial charge in [0.25, 0.3) is 5.91 Å². The molecule has 0 unspecified atom stereocenters. The number of carbonyl (C=O) groups is 1. The van der Waals surface area contributed by atoms with Gasteiger partial charge in [-0.25, -0.2) is 4.98 Å². The SMILES string of the molecule is CCc1c(C)ncc2[nH]c(-n3ncnc3NC(=O)COC)nc12. The minimum atomic E-state index is -0.315. The number of H-pyrrole nitrogens is 1. The molecule has 0 aliphatic carbocycles. The summed E-state index contributed by atoms with van der Waals surface area (Å²) in [5.74, 6) is 0.422. The molecule has 0 saturated heterocycles. The monoisotopic (exact) mass is 315 g/mol. The molecule has 0 fully saturated rings. The summed E-state index contributed by atoms with van der Waals surface area (Å²) in [4.78, 5) is 27.8. The predicted octanol–water partition coefficient (Wildman–Crippen LogP) is 0.994. The van der Waals surface area contributed by atoms with E-state index in [2.05, 4.69) is 37.3 Å². The van der Waals surface area contributed by atoms with Gasteiger partial charge in [0.1, 0.15) is 12.9 Å². The maximum Gasteiger partial charge on any atom is 0.252 e. The van der Waals surface area contributed by atoms with Gasteiger partial charge in [-0.2, -0.15) is 14.8 Å². The molecule has 3 aromatic rings. The molecule has 0 atom stereocenters. The van der Waals surface area contributed by atoms with Crippen LogP contribution in [-0.4, -0.2) is 49.3 Å². The van der Waals surface area contributed by atoms with Crippen molar-refractivity contribution in [1.29, 1.82) is 0 Å². The zero-order valence-corrected chi connectivity index (χ0v) is 13.1. The highest BCUT2D eigenvalue weighted by Crippen LogP contribution is 2.21. The molecule has 1 amide bonds. The van der Waals surface area contributed by atoms with Crippen molar-refractivity contribution in [2.45, 2.75) is 20.3 Å². The molecular weight excluding hydrogens is 298 g/mol. The van der Waals surface area contributed by atoms with E-state index in [9.17, 15) is 4.79 Å². The highest BCUT2D eigenvalue weighted by molar-refractivity contribution is 5.90. The number of aryl methyl sites for hydroxylation is 2. The number of pyridine rings is 1. The highest BCUT2D eigenvalue weighted by Gasteiger charge is 2.15. The van der Waals surface area contributed by atoms with Crippen LogP contribution in [0.1, 0.15) is 18.2 Å². The van der Waals surface area contributed by atoms with Crippen LogP contribution in [0.15, 0.2) is 12.5 Å². The zero-order chi connectivity index (χ0) is 16.4. The number of hydrogen-bond donors (Lipinski definition) is 2. The molecule has 0 aliphatic rings. The summed E-state index contributed by atoms with van der Waals surface area (Å²) in [5.41, 5.74) is 3.69. The van der Waals surface area contributed by atoms with Crippen LogP contribution in [0, 0.1) is 6.92 Å². The number of anilines is 1. The minimum absolute atomic E-state index is 0.0594. The maximum absolute atomic E-state index is 11.7. The number of imidazole rings is 1. The Balaban J connectivity index is 2.01. The fourth-order valence-corrected chi connectivity index (χ4v) is 2.41. The Morgan fingerprint density at radius 1 is 1.43 bits per heavy atom. The van der Waals surface area contributed by atoms with Crippen LogP contribution in [0.25, 0.3) is 17.0 Å². The number of nitrogens with one attached hydrogen (secondary N) is 2. The Kier molecular flexibility index (Phi) is 4.02. The number of methoxy groups -OCH3 is 1. The van der Waals surface area contributed by atoms with Gasteiger partial charge >= 0.3 is 0 Å². The lowest BCUT2D eigenvalue weighted by Crippen LogP contribution is -2.20. The molecule has 23 heavy (non-hydrogen) atoms. The second-order valence-corrected chi connectivity index (χ2v) is 4.98. The predicted molar refractivity (Wildman–Crippen MR) is 83.4 cm³/mol. The van der Waals surface area contributed by atoms with E-state index in [0.29, 0.717) is 5.95 Å². The van der Waals surface area contributed by atoms with Gasteiger partial charge in [-0.1, -0.05) is 6.92 Å². The average Bonchev–Trinajstić information content (AvgIpc) is 3.13. The molecule has 0 aromatic carbocycles. The second-order valence-electron chi connectivity index (χ2n) is 4.98. The second kappa shape index (κ2) is 6.13. The van der Waals surface area contributed by atoms with E-state index in [1.807, 2.05) is 6.92 Å². The Hall–Kier alpha value is -2.81. The number of aromatic nitrogens is 6. The third-order valence-corrected chi connectivity index (χ3v) is 3.46. The topological polar surface area (TPSA) is 111 Å². The number of rotatable bonds is 5. The summed E-state index contributed by atoms with van der Waals surface area (Å²) < 4.78 is 6.22. The Morgan fingerprint density at radius 2 is 2.26 bits per heavy atom. The van der Waals surface area contributed by atoms with Gasteiger partial charge in [-0.05, 0) is 13.3 Å². The Labute approximate surface area is 132 Å². The molecule has 2 N–H and O–H groups in total. The number of fused-ring (bicyclic) bond motifs is 1. The summed E-state index contributed by atoms with van der Waals surface area (Å²) >= 11 is 0. The van der Waals surface area contributed by atoms with Crippen LogP contribution in [0.4, 0.5) is 5.95 Å². The first-order chi connectivity index (χ1) is 11.1. The molecule has 0 spiro atoms. The molecule has 3 rings (SSSR count). The van der Waals surface area contributed by atoms with Crippen molar-refractivity contribution in [2.75, 3.05) is 19.0 Å². The van der Waals surface area contributed by atoms with Crippen LogP contribution < -0.4 is 5.32 Å². The molecule has 3 heterocycles. The van der Waals surface area contributed by atoms with E-state index in [4.69, 9.17) is 4.74 Å². The van der Waals surface area contributed by atoms with Crippen LogP contribution in [0.2, 0.25) is 0 Å². The Bertz CT molecular complexity index is 852. The standard InChI is InChI=1S/C14H17N7O2/c1-4-9-8(2)15-5-10-12(9)20-14(18-10)21-13(16-7-17-21)19-11(22)6-23-3/h5,7H,4,6H2,1-3H3,(H,18,20)(H,16,17,19,22). The number of ether oxygens (including phenoxy) is 1. The molecule has 0 radical (unpaired) electrons. The molecule has 3 aromatic heterocycles. The quantitative estimate of drug-likeness (QED) is 0.726. The van der Waals surface area contributed by atoms with Gasteiger partial charge in [-0.3, -0.25) is 15.1 Å². The first-order valence-corrected chi connectivity index (χ1v) is 7.17. The van der Waals surface area contributed by atoms with Gasteiger partial charge in [0.15, 0.2) is 0 Å². The third kappa shape index (κ3) is 2.78. The van der Waals surface area contributed by atoms with E-state index >= 15 is 0 Å². The average molecular weight is 315 g/mol. The van der Waals surface area contributed by atoms with Crippen molar-refractivity contribution in [1.82, 2.24) is 29.7 Å². The molecule has 0 aliphatic heterocycles. The van der Waals surface area contributed by atoms with Crippen LogP contribution in [0.3, 0.4) is 0 Å². The van der Waals surface area contributed by atoms with Gasteiger partial charge in [0.05, 0.1) is 17.2 Å². The van der Waals surface area contributed by atoms with Gasteiger partial charge < -0.3 is 9.72 Å². The lowest BCUT2D eigenvalue weighted by molar-refractivity contribution is -0.119. The molecule has 9 nitrogen and oxygen atoms in total. The van der Waals surface area contributed by atoms with Crippen molar-refractivity contribution in [3.8, 4) is 5.95 Å². The number of carbonyl (C=O) groups excluding carboxylic acids is 1. The minimum Gasteiger partial charge on any atom is -0.375 e. The lowest BCUT2D eigenvalue weighted by atomic mass is 10.1. The van der Waals surface area contributed by atoms with E-state index in [1.165, 1.54) is 18.1 Å². The van der Waals surface area contributed by atoms with Crippen molar-refractivity contribution >= 4 is 22.9 Å². The maximum atomic E-state index is 11.7. The number of aromatic amines is 1. The lowest BCUT2D eigenvalue weighted by Gasteiger charge is -2.04. The highest BCUT2D eigenvalue weighted by atomic mass is 16.5. The van der Waals surface area contributed by atoms with Gasteiger partial charge in [-0.15, -0.1) is 0 Å². The number of hydrogen-bond acceptors (Lipinski definition) is 6.